The number of carbonyl (C=O) groups excluding carboxylic acids is 1. The maximum absolute atomic E-state index is 12.8. The predicted molar refractivity (Wildman–Crippen MR) is 117 cm³/mol. The molecule has 2 aromatic carbocycles. The summed E-state index contributed by atoms with van der Waals surface area (Å²) in [6.07, 6.45) is 0. The van der Waals surface area contributed by atoms with Crippen molar-refractivity contribution in [3.8, 4) is 11.5 Å². The molecule has 0 radical (unpaired) electrons. The van der Waals surface area contributed by atoms with Gasteiger partial charge in [-0.15, -0.1) is 0 Å². The Balaban J connectivity index is 1.81. The van der Waals surface area contributed by atoms with Crippen molar-refractivity contribution in [2.75, 3.05) is 62.9 Å². The number of nitrogens with one attached hydrogen (secondary N) is 1. The minimum Gasteiger partial charge on any atom is -0.493 e. The third kappa shape index (κ3) is 4.56. The highest BCUT2D eigenvalue weighted by Crippen LogP contribution is 2.32. The van der Waals surface area contributed by atoms with Crippen molar-refractivity contribution in [1.29, 1.82) is 0 Å². The third-order valence-corrected chi connectivity index (χ3v) is 5.42. The second-order valence-corrected chi connectivity index (χ2v) is 7.17. The minimum atomic E-state index is -0.247. The highest BCUT2D eigenvalue weighted by Gasteiger charge is 2.19. The van der Waals surface area contributed by atoms with Gasteiger partial charge in [-0.3, -0.25) is 4.79 Å². The number of hydrogen-bond acceptors (Lipinski definition) is 6. The Hall–Kier alpha value is -2.93. The number of benzene rings is 2. The fourth-order valence-electron chi connectivity index (χ4n) is 3.64. The lowest BCUT2D eigenvalue weighted by molar-refractivity contribution is 0.102. The smallest absolute Gasteiger partial charge is 0.255 e. The molecule has 0 aliphatic carbocycles. The Kier molecular flexibility index (Phi) is 6.49. The van der Waals surface area contributed by atoms with Crippen molar-refractivity contribution in [3.63, 3.8) is 0 Å². The minimum absolute atomic E-state index is 0.247. The number of likely N-dealkylation sites (N-methyl/N-ethyl adjacent to an activating group) is 1. The number of amides is 1. The van der Waals surface area contributed by atoms with Crippen LogP contribution in [-0.2, 0) is 0 Å². The Morgan fingerprint density at radius 3 is 2.38 bits per heavy atom. The summed E-state index contributed by atoms with van der Waals surface area (Å²) < 4.78 is 10.5. The molecule has 0 saturated carbocycles. The number of methoxy groups -OCH3 is 2. The van der Waals surface area contributed by atoms with E-state index in [-0.39, 0.29) is 5.91 Å². The van der Waals surface area contributed by atoms with Gasteiger partial charge < -0.3 is 30.3 Å². The van der Waals surface area contributed by atoms with Gasteiger partial charge in [0.05, 0.1) is 25.6 Å². The topological polar surface area (TPSA) is 80.1 Å². The third-order valence-electron chi connectivity index (χ3n) is 5.42. The zero-order valence-corrected chi connectivity index (χ0v) is 17.6. The quantitative estimate of drug-likeness (QED) is 0.728. The molecule has 1 heterocycles. The van der Waals surface area contributed by atoms with Crippen LogP contribution in [0.1, 0.15) is 22.8 Å². The Morgan fingerprint density at radius 2 is 1.76 bits per heavy atom. The average molecular weight is 399 g/mol. The lowest BCUT2D eigenvalue weighted by Gasteiger charge is -2.36. The molecule has 2 aromatic rings. The molecule has 0 unspecified atom stereocenters. The summed E-state index contributed by atoms with van der Waals surface area (Å²) in [5.74, 6) is 0.835. The van der Waals surface area contributed by atoms with Crippen molar-refractivity contribution >= 4 is 23.0 Å². The molecule has 3 N–H and O–H groups in total. The lowest BCUT2D eigenvalue weighted by Crippen LogP contribution is -2.46. The predicted octanol–water partition coefficient (Wildman–Crippen LogP) is 2.99. The van der Waals surface area contributed by atoms with E-state index in [0.717, 1.165) is 44.0 Å². The van der Waals surface area contributed by atoms with Crippen LogP contribution in [0.2, 0.25) is 0 Å². The molecule has 0 aromatic heterocycles. The maximum atomic E-state index is 12.8. The molecule has 0 spiro atoms. The zero-order chi connectivity index (χ0) is 21.0. The maximum Gasteiger partial charge on any atom is 0.255 e. The van der Waals surface area contributed by atoms with Gasteiger partial charge in [0.1, 0.15) is 0 Å². The van der Waals surface area contributed by atoms with Gasteiger partial charge >= 0.3 is 0 Å². The summed E-state index contributed by atoms with van der Waals surface area (Å²) in [7, 11) is 3.11. The summed E-state index contributed by atoms with van der Waals surface area (Å²) in [4.78, 5) is 17.6. The molecule has 1 saturated heterocycles. The van der Waals surface area contributed by atoms with Gasteiger partial charge in [-0.1, -0.05) is 6.92 Å². The van der Waals surface area contributed by atoms with Crippen molar-refractivity contribution < 1.29 is 14.3 Å². The standard InChI is InChI=1S/C22H30N4O3/c1-5-25-8-10-26(11-9-25)19-14-18(17(23)12-15(19)2)24-22(27)16-6-7-20(28-3)21(13-16)29-4/h6-7,12-14H,5,8-11,23H2,1-4H3,(H,24,27). The average Bonchev–Trinajstić information content (AvgIpc) is 2.75. The number of rotatable bonds is 6. The highest BCUT2D eigenvalue weighted by atomic mass is 16.5. The first-order chi connectivity index (χ1) is 14.0. The molecule has 1 amide bonds. The molecular weight excluding hydrogens is 368 g/mol. The number of nitrogen functional groups attached to an aromatic ring is 1. The molecule has 0 atom stereocenters. The van der Waals surface area contributed by atoms with Crippen LogP contribution in [0.4, 0.5) is 17.1 Å². The molecule has 0 bridgehead atoms. The Morgan fingerprint density at radius 1 is 1.07 bits per heavy atom. The first kappa shape index (κ1) is 20.8. The van der Waals surface area contributed by atoms with E-state index >= 15 is 0 Å². The van der Waals surface area contributed by atoms with Gasteiger partial charge in [0.2, 0.25) is 0 Å². The summed E-state index contributed by atoms with van der Waals surface area (Å²) in [6, 6.07) is 8.97. The first-order valence-electron chi connectivity index (χ1n) is 9.87. The largest absolute Gasteiger partial charge is 0.493 e. The van der Waals surface area contributed by atoms with E-state index in [1.165, 1.54) is 0 Å². The summed E-state index contributed by atoms with van der Waals surface area (Å²) in [5, 5.41) is 2.94. The lowest BCUT2D eigenvalue weighted by atomic mass is 10.1. The normalized spacial score (nSPS) is 14.6. The number of piperazine rings is 1. The molecular formula is C22H30N4O3. The summed E-state index contributed by atoms with van der Waals surface area (Å²) in [5.41, 5.74) is 10.1. The van der Waals surface area contributed by atoms with Crippen LogP contribution in [0, 0.1) is 6.92 Å². The molecule has 156 valence electrons. The van der Waals surface area contributed by atoms with Gasteiger partial charge in [0.25, 0.3) is 5.91 Å². The van der Waals surface area contributed by atoms with E-state index in [2.05, 4.69) is 29.0 Å². The first-order valence-corrected chi connectivity index (χ1v) is 9.87. The number of hydrogen-bond donors (Lipinski definition) is 2. The monoisotopic (exact) mass is 398 g/mol. The Bertz CT molecular complexity index is 877. The van der Waals surface area contributed by atoms with Crippen LogP contribution in [0.15, 0.2) is 30.3 Å². The number of carbonyl (C=O) groups is 1. The van der Waals surface area contributed by atoms with E-state index in [9.17, 15) is 4.79 Å². The van der Waals surface area contributed by atoms with Gasteiger partial charge in [-0.2, -0.15) is 0 Å². The molecule has 3 rings (SSSR count). The van der Waals surface area contributed by atoms with E-state index in [4.69, 9.17) is 15.2 Å². The number of nitrogens with two attached hydrogens (primary N) is 1. The molecule has 7 nitrogen and oxygen atoms in total. The van der Waals surface area contributed by atoms with E-state index < -0.39 is 0 Å². The highest BCUT2D eigenvalue weighted by molar-refractivity contribution is 6.06. The zero-order valence-electron chi connectivity index (χ0n) is 17.6. The van der Waals surface area contributed by atoms with Crippen LogP contribution in [0.3, 0.4) is 0 Å². The SMILES string of the molecule is CCN1CCN(c2cc(NC(=O)c3ccc(OC)c(OC)c3)c(N)cc2C)CC1. The molecule has 7 heteroatoms. The fraction of sp³-hybridized carbons (Fsp3) is 0.409. The fourth-order valence-corrected chi connectivity index (χ4v) is 3.64. The second kappa shape index (κ2) is 9.05. The van der Waals surface area contributed by atoms with E-state index in [1.807, 2.05) is 12.1 Å². The summed E-state index contributed by atoms with van der Waals surface area (Å²) in [6.45, 7) is 9.30. The molecule has 1 aliphatic rings. The van der Waals surface area contributed by atoms with Gasteiger partial charge in [0.15, 0.2) is 11.5 Å². The van der Waals surface area contributed by atoms with Crippen molar-refractivity contribution in [1.82, 2.24) is 4.90 Å². The Labute approximate surface area is 172 Å². The van der Waals surface area contributed by atoms with Crippen LogP contribution >= 0.6 is 0 Å². The van der Waals surface area contributed by atoms with Crippen molar-refractivity contribution in [2.24, 2.45) is 0 Å². The summed E-state index contributed by atoms with van der Waals surface area (Å²) >= 11 is 0. The number of nitrogens with zero attached hydrogens (tertiary/aromatic N) is 2. The van der Waals surface area contributed by atoms with Crippen LogP contribution in [0.25, 0.3) is 0 Å². The van der Waals surface area contributed by atoms with Crippen molar-refractivity contribution in [3.05, 3.63) is 41.5 Å². The van der Waals surface area contributed by atoms with Crippen molar-refractivity contribution in [2.45, 2.75) is 13.8 Å². The molecule has 29 heavy (non-hydrogen) atoms. The van der Waals surface area contributed by atoms with Gasteiger partial charge in [-0.25, -0.2) is 0 Å². The number of anilines is 3. The molecule has 1 aliphatic heterocycles. The number of ether oxygens (including phenoxy) is 2. The van der Waals surface area contributed by atoms with E-state index in [0.29, 0.717) is 28.4 Å². The van der Waals surface area contributed by atoms with Crippen LogP contribution in [0.5, 0.6) is 11.5 Å². The van der Waals surface area contributed by atoms with Crippen LogP contribution in [-0.4, -0.2) is 57.8 Å². The van der Waals surface area contributed by atoms with E-state index in [1.54, 1.807) is 32.4 Å². The van der Waals surface area contributed by atoms with Gasteiger partial charge in [-0.05, 0) is 49.4 Å². The van der Waals surface area contributed by atoms with Crippen LogP contribution < -0.4 is 25.4 Å². The number of aryl methyl sites for hydroxylation is 1. The molecule has 1 fully saturated rings. The second-order valence-electron chi connectivity index (χ2n) is 7.17. The van der Waals surface area contributed by atoms with Gasteiger partial charge in [0, 0.05) is 37.4 Å².